The predicted octanol–water partition coefficient (Wildman–Crippen LogP) is 2.56. The van der Waals surface area contributed by atoms with Crippen molar-refractivity contribution in [2.75, 3.05) is 50.8 Å². The van der Waals surface area contributed by atoms with Crippen molar-refractivity contribution in [3.63, 3.8) is 0 Å². The summed E-state index contributed by atoms with van der Waals surface area (Å²) in [6.07, 6.45) is 7.50. The molecule has 1 saturated heterocycles. The van der Waals surface area contributed by atoms with E-state index < -0.39 is 0 Å². The molecule has 33 heavy (non-hydrogen) atoms. The first-order valence-corrected chi connectivity index (χ1v) is 11.7. The SMILES string of the molecule is Cc1csc2c(-n3nc(Nc4ccc(/C=C/CN5CCN(C)CC5)nc4)nc3N)ncnc12. The Morgan fingerprint density at radius 2 is 2.00 bits per heavy atom. The Bertz CT molecular complexity index is 1270. The Morgan fingerprint density at radius 3 is 2.79 bits per heavy atom. The van der Waals surface area contributed by atoms with E-state index >= 15 is 0 Å². The molecule has 0 saturated carbocycles. The van der Waals surface area contributed by atoms with E-state index in [0.29, 0.717) is 11.8 Å². The normalized spacial score (nSPS) is 15.6. The number of nitrogens with one attached hydrogen (secondary N) is 1. The van der Waals surface area contributed by atoms with Crippen LogP contribution in [0.4, 0.5) is 17.6 Å². The number of likely N-dealkylation sites (N-methyl/N-ethyl adjacent to an activating group) is 1. The highest BCUT2D eigenvalue weighted by atomic mass is 32.1. The molecule has 10 nitrogen and oxygen atoms in total. The van der Waals surface area contributed by atoms with Crippen LogP contribution in [0.2, 0.25) is 0 Å². The van der Waals surface area contributed by atoms with Gasteiger partial charge in [-0.2, -0.15) is 9.67 Å². The molecule has 5 heterocycles. The Morgan fingerprint density at radius 1 is 1.15 bits per heavy atom. The summed E-state index contributed by atoms with van der Waals surface area (Å²) in [6.45, 7) is 7.41. The molecule has 0 aromatic carbocycles. The Hall–Kier alpha value is -3.41. The molecule has 3 N–H and O–H groups in total. The molecular formula is C22H26N10S. The van der Waals surface area contributed by atoms with Crippen LogP contribution in [0, 0.1) is 6.92 Å². The second-order valence-corrected chi connectivity index (χ2v) is 8.98. The lowest BCUT2D eigenvalue weighted by atomic mass is 10.3. The molecule has 1 aliphatic rings. The maximum Gasteiger partial charge on any atom is 0.248 e. The molecule has 5 rings (SSSR count). The zero-order valence-electron chi connectivity index (χ0n) is 18.6. The number of nitrogens with zero attached hydrogens (tertiary/aromatic N) is 8. The van der Waals surface area contributed by atoms with Gasteiger partial charge in [0, 0.05) is 32.7 Å². The number of nitrogens with two attached hydrogens (primary N) is 1. The molecule has 11 heteroatoms. The lowest BCUT2D eigenvalue weighted by molar-refractivity contribution is 0.167. The van der Waals surface area contributed by atoms with Crippen molar-refractivity contribution in [3.8, 4) is 5.82 Å². The molecule has 1 fully saturated rings. The lowest BCUT2D eigenvalue weighted by Gasteiger charge is -2.31. The molecule has 4 aromatic rings. The second-order valence-electron chi connectivity index (χ2n) is 8.10. The Labute approximate surface area is 195 Å². The fourth-order valence-electron chi connectivity index (χ4n) is 3.70. The van der Waals surface area contributed by atoms with Crippen LogP contribution < -0.4 is 11.1 Å². The van der Waals surface area contributed by atoms with Gasteiger partial charge in [0.2, 0.25) is 11.9 Å². The van der Waals surface area contributed by atoms with E-state index in [1.807, 2.05) is 24.4 Å². The van der Waals surface area contributed by atoms with Crippen molar-refractivity contribution >= 4 is 45.2 Å². The van der Waals surface area contributed by atoms with Crippen LogP contribution in [-0.2, 0) is 0 Å². The minimum Gasteiger partial charge on any atom is -0.368 e. The maximum absolute atomic E-state index is 6.14. The summed E-state index contributed by atoms with van der Waals surface area (Å²) in [7, 11) is 2.17. The van der Waals surface area contributed by atoms with Crippen molar-refractivity contribution in [1.82, 2.24) is 39.5 Å². The molecule has 1 aliphatic heterocycles. The van der Waals surface area contributed by atoms with E-state index in [0.717, 1.165) is 59.9 Å². The third-order valence-electron chi connectivity index (χ3n) is 5.64. The summed E-state index contributed by atoms with van der Waals surface area (Å²) in [5.41, 5.74) is 9.82. The Balaban J connectivity index is 1.25. The van der Waals surface area contributed by atoms with Crippen molar-refractivity contribution in [1.29, 1.82) is 0 Å². The van der Waals surface area contributed by atoms with Crippen molar-refractivity contribution < 1.29 is 0 Å². The number of piperazine rings is 1. The summed E-state index contributed by atoms with van der Waals surface area (Å²) in [5.74, 6) is 1.25. The Kier molecular flexibility index (Phi) is 5.99. The highest BCUT2D eigenvalue weighted by Crippen LogP contribution is 2.28. The van der Waals surface area contributed by atoms with Gasteiger partial charge in [-0.15, -0.1) is 16.4 Å². The fraction of sp³-hybridized carbons (Fsp3) is 0.318. The van der Waals surface area contributed by atoms with E-state index in [4.69, 9.17) is 5.73 Å². The number of rotatable bonds is 6. The van der Waals surface area contributed by atoms with Crippen LogP contribution in [-0.4, -0.2) is 79.3 Å². The number of fused-ring (bicyclic) bond motifs is 1. The number of pyridine rings is 1. The molecule has 0 amide bonds. The highest BCUT2D eigenvalue weighted by Gasteiger charge is 2.16. The maximum atomic E-state index is 6.14. The molecule has 0 bridgehead atoms. The minimum atomic E-state index is 0.250. The molecule has 0 radical (unpaired) electrons. The third kappa shape index (κ3) is 4.70. The number of aromatic nitrogens is 6. The summed E-state index contributed by atoms with van der Waals surface area (Å²) >= 11 is 1.56. The average molecular weight is 463 g/mol. The zero-order chi connectivity index (χ0) is 22.8. The summed E-state index contributed by atoms with van der Waals surface area (Å²) in [6, 6.07) is 3.91. The van der Waals surface area contributed by atoms with Gasteiger partial charge in [-0.3, -0.25) is 9.88 Å². The van der Waals surface area contributed by atoms with Gasteiger partial charge in [-0.05, 0) is 43.1 Å². The van der Waals surface area contributed by atoms with E-state index in [1.165, 1.54) is 11.0 Å². The summed E-state index contributed by atoms with van der Waals surface area (Å²) in [4.78, 5) is 22.4. The van der Waals surface area contributed by atoms with Gasteiger partial charge in [0.05, 0.1) is 27.8 Å². The first kappa shape index (κ1) is 21.4. The quantitative estimate of drug-likeness (QED) is 0.446. The van der Waals surface area contributed by atoms with Crippen LogP contribution in [0.5, 0.6) is 0 Å². The number of hydrogen-bond donors (Lipinski definition) is 2. The second kappa shape index (κ2) is 9.22. The van der Waals surface area contributed by atoms with Crippen LogP contribution in [0.15, 0.2) is 36.1 Å². The number of nitrogen functional groups attached to an aromatic ring is 1. The van der Waals surface area contributed by atoms with Crippen molar-refractivity contribution in [2.45, 2.75) is 6.92 Å². The van der Waals surface area contributed by atoms with Gasteiger partial charge in [0.25, 0.3) is 0 Å². The van der Waals surface area contributed by atoms with E-state index in [1.54, 1.807) is 17.5 Å². The third-order valence-corrected chi connectivity index (χ3v) is 6.72. The largest absolute Gasteiger partial charge is 0.368 e. The van der Waals surface area contributed by atoms with Crippen LogP contribution >= 0.6 is 11.3 Å². The molecule has 170 valence electrons. The van der Waals surface area contributed by atoms with Gasteiger partial charge in [0.15, 0.2) is 5.82 Å². The molecular weight excluding hydrogens is 436 g/mol. The van der Waals surface area contributed by atoms with Crippen LogP contribution in [0.25, 0.3) is 22.1 Å². The zero-order valence-corrected chi connectivity index (χ0v) is 19.5. The number of anilines is 3. The molecule has 0 atom stereocenters. The lowest BCUT2D eigenvalue weighted by Crippen LogP contribution is -2.44. The highest BCUT2D eigenvalue weighted by molar-refractivity contribution is 7.17. The van der Waals surface area contributed by atoms with Gasteiger partial charge >= 0.3 is 0 Å². The summed E-state index contributed by atoms with van der Waals surface area (Å²) < 4.78 is 2.46. The number of hydrogen-bond acceptors (Lipinski definition) is 10. The van der Waals surface area contributed by atoms with Crippen molar-refractivity contribution in [3.05, 3.63) is 47.4 Å². The van der Waals surface area contributed by atoms with E-state index in [-0.39, 0.29) is 5.95 Å². The first-order valence-electron chi connectivity index (χ1n) is 10.8. The number of thiophene rings is 1. The standard InChI is InChI=1S/C22H26N10S/c1-15-13-33-19-18(15)25-14-26-20(19)32-21(23)28-22(29-32)27-17-6-5-16(24-12-17)4-3-7-31-10-8-30(2)9-11-31/h3-6,12-14H,7-11H2,1-2H3,(H3,23,27,28,29)/b4-3+. The fourth-order valence-corrected chi connectivity index (χ4v) is 4.68. The molecule has 0 aliphatic carbocycles. The van der Waals surface area contributed by atoms with Crippen LogP contribution in [0.3, 0.4) is 0 Å². The molecule has 0 unspecified atom stereocenters. The topological polar surface area (TPSA) is 114 Å². The smallest absolute Gasteiger partial charge is 0.248 e. The van der Waals surface area contributed by atoms with Crippen molar-refractivity contribution in [2.24, 2.45) is 0 Å². The van der Waals surface area contributed by atoms with Crippen LogP contribution in [0.1, 0.15) is 11.3 Å². The molecule has 4 aromatic heterocycles. The average Bonchev–Trinajstić information content (AvgIpc) is 3.38. The van der Waals surface area contributed by atoms with Gasteiger partial charge < -0.3 is 16.0 Å². The summed E-state index contributed by atoms with van der Waals surface area (Å²) in [5, 5.41) is 9.71. The van der Waals surface area contributed by atoms with Gasteiger partial charge in [0.1, 0.15) is 6.33 Å². The van der Waals surface area contributed by atoms with Gasteiger partial charge in [-0.25, -0.2) is 9.97 Å². The van der Waals surface area contributed by atoms with E-state index in [9.17, 15) is 0 Å². The first-order chi connectivity index (χ1) is 16.1. The number of aryl methyl sites for hydroxylation is 1. The monoisotopic (exact) mass is 462 g/mol. The molecule has 0 spiro atoms. The predicted molar refractivity (Wildman–Crippen MR) is 132 cm³/mol. The minimum absolute atomic E-state index is 0.250. The van der Waals surface area contributed by atoms with E-state index in [2.05, 4.69) is 59.4 Å². The van der Waals surface area contributed by atoms with Gasteiger partial charge in [-0.1, -0.05) is 6.08 Å².